The van der Waals surface area contributed by atoms with Gasteiger partial charge in [0, 0.05) is 24.7 Å². The minimum atomic E-state index is 0.258. The molecule has 1 saturated heterocycles. The maximum absolute atomic E-state index is 5.76. The standard InChI is InChI=1S/C16H27N3O/c1-5-14-9-18-16(4,13-6-7-13)10-19(14)12(3)15-17-8-11(2)20-15/h8,12-14,18H,5-7,9-10H2,1-4H3. The molecule has 1 aliphatic heterocycles. The Balaban J connectivity index is 1.79. The van der Waals surface area contributed by atoms with Gasteiger partial charge in [0.2, 0.25) is 5.89 Å². The van der Waals surface area contributed by atoms with Crippen LogP contribution in [-0.4, -0.2) is 34.6 Å². The Morgan fingerprint density at radius 2 is 2.30 bits per heavy atom. The van der Waals surface area contributed by atoms with E-state index in [2.05, 4.69) is 36.0 Å². The molecule has 20 heavy (non-hydrogen) atoms. The number of nitrogens with zero attached hydrogens (tertiary/aromatic N) is 2. The van der Waals surface area contributed by atoms with Crippen molar-refractivity contribution < 1.29 is 4.42 Å². The summed E-state index contributed by atoms with van der Waals surface area (Å²) in [5, 5.41) is 3.81. The second kappa shape index (κ2) is 5.15. The molecular weight excluding hydrogens is 250 g/mol. The highest BCUT2D eigenvalue weighted by Crippen LogP contribution is 2.42. The molecule has 3 unspecified atom stereocenters. The molecule has 1 aromatic heterocycles. The van der Waals surface area contributed by atoms with E-state index in [1.165, 1.54) is 12.8 Å². The molecule has 0 bridgehead atoms. The van der Waals surface area contributed by atoms with E-state index < -0.39 is 0 Å². The predicted octanol–water partition coefficient (Wildman–Crippen LogP) is 2.90. The largest absolute Gasteiger partial charge is 0.444 e. The summed E-state index contributed by atoms with van der Waals surface area (Å²) in [6.45, 7) is 11.0. The van der Waals surface area contributed by atoms with Crippen LogP contribution in [0.15, 0.2) is 10.6 Å². The zero-order valence-electron chi connectivity index (χ0n) is 13.1. The van der Waals surface area contributed by atoms with Gasteiger partial charge in [0.1, 0.15) is 5.76 Å². The van der Waals surface area contributed by atoms with Crippen molar-refractivity contribution in [2.75, 3.05) is 13.1 Å². The molecule has 2 heterocycles. The van der Waals surface area contributed by atoms with E-state index in [4.69, 9.17) is 4.42 Å². The molecule has 2 fully saturated rings. The lowest BCUT2D eigenvalue weighted by Gasteiger charge is -2.48. The van der Waals surface area contributed by atoms with Crippen LogP contribution in [0.25, 0.3) is 0 Å². The molecule has 0 spiro atoms. The molecule has 1 saturated carbocycles. The molecule has 1 N–H and O–H groups in total. The molecule has 2 aliphatic rings. The number of nitrogens with one attached hydrogen (secondary N) is 1. The first-order valence-electron chi connectivity index (χ1n) is 7.96. The first kappa shape index (κ1) is 14.1. The Morgan fingerprint density at radius 3 is 2.85 bits per heavy atom. The van der Waals surface area contributed by atoms with Crippen molar-refractivity contribution in [1.29, 1.82) is 0 Å². The van der Waals surface area contributed by atoms with Crippen molar-refractivity contribution in [2.45, 2.75) is 64.6 Å². The Kier molecular flexibility index (Phi) is 3.63. The van der Waals surface area contributed by atoms with Crippen LogP contribution in [0.2, 0.25) is 0 Å². The molecule has 0 aromatic carbocycles. The highest BCUT2D eigenvalue weighted by Gasteiger charge is 2.47. The van der Waals surface area contributed by atoms with Crippen LogP contribution in [0.1, 0.15) is 57.7 Å². The maximum atomic E-state index is 5.76. The quantitative estimate of drug-likeness (QED) is 0.919. The summed E-state index contributed by atoms with van der Waals surface area (Å²) in [7, 11) is 0. The molecule has 3 atom stereocenters. The molecule has 0 amide bonds. The van der Waals surface area contributed by atoms with Gasteiger partial charge >= 0.3 is 0 Å². The molecule has 0 radical (unpaired) electrons. The summed E-state index contributed by atoms with van der Waals surface area (Å²) in [6.07, 6.45) is 5.74. The third-order valence-corrected chi connectivity index (χ3v) is 5.17. The van der Waals surface area contributed by atoms with Gasteiger partial charge in [0.05, 0.1) is 12.2 Å². The van der Waals surface area contributed by atoms with Crippen LogP contribution < -0.4 is 5.32 Å². The molecular formula is C16H27N3O. The Labute approximate surface area is 121 Å². The van der Waals surface area contributed by atoms with Gasteiger partial charge < -0.3 is 9.73 Å². The van der Waals surface area contributed by atoms with Crippen molar-refractivity contribution >= 4 is 0 Å². The van der Waals surface area contributed by atoms with Crippen LogP contribution in [0.3, 0.4) is 0 Å². The lowest BCUT2D eigenvalue weighted by atomic mass is 9.89. The summed E-state index contributed by atoms with van der Waals surface area (Å²) in [4.78, 5) is 7.04. The lowest BCUT2D eigenvalue weighted by molar-refractivity contribution is 0.0326. The van der Waals surface area contributed by atoms with Crippen LogP contribution in [0, 0.1) is 12.8 Å². The number of oxazole rings is 1. The van der Waals surface area contributed by atoms with Gasteiger partial charge in [-0.15, -0.1) is 0 Å². The van der Waals surface area contributed by atoms with Gasteiger partial charge in [0.25, 0.3) is 0 Å². The third-order valence-electron chi connectivity index (χ3n) is 5.17. The Bertz CT molecular complexity index is 468. The second-order valence-corrected chi connectivity index (χ2v) is 6.79. The molecule has 112 valence electrons. The Hall–Kier alpha value is -0.870. The average molecular weight is 277 g/mol. The van der Waals surface area contributed by atoms with E-state index in [-0.39, 0.29) is 11.6 Å². The van der Waals surface area contributed by atoms with E-state index in [1.807, 2.05) is 13.1 Å². The van der Waals surface area contributed by atoms with Gasteiger partial charge in [-0.3, -0.25) is 4.90 Å². The van der Waals surface area contributed by atoms with Gasteiger partial charge in [-0.05, 0) is 46.0 Å². The van der Waals surface area contributed by atoms with Gasteiger partial charge in [-0.1, -0.05) is 6.92 Å². The summed E-state index contributed by atoms with van der Waals surface area (Å²) in [5.41, 5.74) is 0.265. The number of aromatic nitrogens is 1. The average Bonchev–Trinajstić information content (AvgIpc) is 3.21. The summed E-state index contributed by atoms with van der Waals surface area (Å²) < 4.78 is 5.76. The number of hydrogen-bond acceptors (Lipinski definition) is 4. The smallest absolute Gasteiger partial charge is 0.211 e. The topological polar surface area (TPSA) is 41.3 Å². The first-order valence-corrected chi connectivity index (χ1v) is 7.96. The summed E-state index contributed by atoms with van der Waals surface area (Å²) in [6, 6.07) is 0.831. The maximum Gasteiger partial charge on any atom is 0.211 e. The normalized spacial score (nSPS) is 33.3. The number of aryl methyl sites for hydroxylation is 1. The number of hydrogen-bond donors (Lipinski definition) is 1. The fourth-order valence-corrected chi connectivity index (χ4v) is 3.57. The van der Waals surface area contributed by atoms with E-state index in [1.54, 1.807) is 0 Å². The fraction of sp³-hybridized carbons (Fsp3) is 0.812. The summed E-state index contributed by atoms with van der Waals surface area (Å²) in [5.74, 6) is 2.61. The van der Waals surface area contributed by atoms with Gasteiger partial charge in [0.15, 0.2) is 0 Å². The zero-order chi connectivity index (χ0) is 14.3. The molecule has 4 heteroatoms. The fourth-order valence-electron chi connectivity index (χ4n) is 3.57. The zero-order valence-corrected chi connectivity index (χ0v) is 13.1. The summed E-state index contributed by atoms with van der Waals surface area (Å²) >= 11 is 0. The van der Waals surface area contributed by atoms with Crippen LogP contribution in [0.5, 0.6) is 0 Å². The highest BCUT2D eigenvalue weighted by molar-refractivity contribution is 5.06. The van der Waals surface area contributed by atoms with Crippen LogP contribution >= 0.6 is 0 Å². The second-order valence-electron chi connectivity index (χ2n) is 6.79. The van der Waals surface area contributed by atoms with Crippen LogP contribution in [-0.2, 0) is 0 Å². The Morgan fingerprint density at radius 1 is 1.55 bits per heavy atom. The minimum absolute atomic E-state index is 0.258. The van der Waals surface area contributed by atoms with Crippen molar-refractivity contribution in [3.8, 4) is 0 Å². The monoisotopic (exact) mass is 277 g/mol. The molecule has 1 aromatic rings. The molecule has 1 aliphatic carbocycles. The SMILES string of the molecule is CCC1CNC(C)(C2CC2)CN1C(C)c1ncc(C)o1. The minimum Gasteiger partial charge on any atom is -0.444 e. The van der Waals surface area contributed by atoms with Gasteiger partial charge in [-0.2, -0.15) is 0 Å². The van der Waals surface area contributed by atoms with E-state index in [9.17, 15) is 0 Å². The third kappa shape index (κ3) is 2.51. The van der Waals surface area contributed by atoms with Crippen molar-refractivity contribution in [3.05, 3.63) is 17.8 Å². The van der Waals surface area contributed by atoms with E-state index >= 15 is 0 Å². The van der Waals surface area contributed by atoms with Crippen LogP contribution in [0.4, 0.5) is 0 Å². The molecule has 3 rings (SSSR count). The van der Waals surface area contributed by atoms with Crippen molar-refractivity contribution in [2.24, 2.45) is 5.92 Å². The van der Waals surface area contributed by atoms with Gasteiger partial charge in [-0.25, -0.2) is 4.98 Å². The predicted molar refractivity (Wildman–Crippen MR) is 79.6 cm³/mol. The van der Waals surface area contributed by atoms with E-state index in [0.29, 0.717) is 6.04 Å². The highest BCUT2D eigenvalue weighted by atomic mass is 16.4. The molecule has 4 nitrogen and oxygen atoms in total. The van der Waals surface area contributed by atoms with Crippen molar-refractivity contribution in [3.63, 3.8) is 0 Å². The van der Waals surface area contributed by atoms with E-state index in [0.717, 1.165) is 37.1 Å². The number of rotatable bonds is 4. The van der Waals surface area contributed by atoms with Crippen molar-refractivity contribution in [1.82, 2.24) is 15.2 Å². The lowest BCUT2D eigenvalue weighted by Crippen LogP contribution is -2.64. The first-order chi connectivity index (χ1) is 9.53. The number of piperazine rings is 1.